The Hall–Kier alpha value is -1.34. The van der Waals surface area contributed by atoms with Gasteiger partial charge in [0.05, 0.1) is 7.11 Å². The number of hydrogen-bond donors (Lipinski definition) is 0. The van der Waals surface area contributed by atoms with Gasteiger partial charge in [-0.1, -0.05) is 6.58 Å². The number of carbonyl (C=O) groups excluding carboxylic acids is 2. The van der Waals surface area contributed by atoms with E-state index in [1.165, 1.54) is 7.11 Å². The molecule has 1 unspecified atom stereocenters. The smallest absolute Gasteiger partial charge is 0.319 e. The van der Waals surface area contributed by atoms with Gasteiger partial charge in [0, 0.05) is 6.42 Å². The Morgan fingerprint density at radius 3 is 2.93 bits per heavy atom. The van der Waals surface area contributed by atoms with Crippen molar-refractivity contribution in [2.75, 3.05) is 7.11 Å². The highest BCUT2D eigenvalue weighted by molar-refractivity contribution is 6.05. The summed E-state index contributed by atoms with van der Waals surface area (Å²) in [7, 11) is 1.31. The summed E-state index contributed by atoms with van der Waals surface area (Å²) in [5.74, 6) is -0.442. The highest BCUT2D eigenvalue weighted by Crippen LogP contribution is 2.39. The van der Waals surface area contributed by atoms with E-state index in [1.807, 2.05) is 0 Å². The molecule has 0 radical (unpaired) electrons. The average Bonchev–Trinajstić information content (AvgIpc) is 2.57. The van der Waals surface area contributed by atoms with E-state index >= 15 is 0 Å². The lowest BCUT2D eigenvalue weighted by Crippen LogP contribution is -2.35. The maximum absolute atomic E-state index is 11.6. The van der Waals surface area contributed by atoms with Crippen molar-refractivity contribution in [1.82, 2.24) is 0 Å². The van der Waals surface area contributed by atoms with Gasteiger partial charge in [-0.15, -0.1) is 5.73 Å². The average molecular weight is 194 g/mol. The van der Waals surface area contributed by atoms with Crippen molar-refractivity contribution in [1.29, 1.82) is 0 Å². The molecule has 14 heavy (non-hydrogen) atoms. The van der Waals surface area contributed by atoms with Gasteiger partial charge in [-0.3, -0.25) is 9.59 Å². The van der Waals surface area contributed by atoms with Crippen LogP contribution in [0.3, 0.4) is 0 Å². The number of methoxy groups -OCH3 is 1. The summed E-state index contributed by atoms with van der Waals surface area (Å²) in [6.45, 7) is 3.42. The minimum absolute atomic E-state index is 0.0177. The molecule has 0 bridgehead atoms. The molecule has 1 rings (SSSR count). The van der Waals surface area contributed by atoms with Crippen LogP contribution in [0, 0.1) is 5.41 Å². The van der Waals surface area contributed by atoms with Crippen molar-refractivity contribution in [3.8, 4) is 0 Å². The van der Waals surface area contributed by atoms with Crippen LogP contribution in [0.15, 0.2) is 18.4 Å². The maximum atomic E-state index is 11.6. The van der Waals surface area contributed by atoms with Gasteiger partial charge < -0.3 is 4.74 Å². The second-order valence-electron chi connectivity index (χ2n) is 3.46. The molecule has 0 amide bonds. The Morgan fingerprint density at radius 2 is 2.50 bits per heavy atom. The third kappa shape index (κ3) is 1.64. The number of ketones is 1. The molecule has 0 aromatic rings. The van der Waals surface area contributed by atoms with E-state index < -0.39 is 11.4 Å². The van der Waals surface area contributed by atoms with Crippen LogP contribution in [-0.2, 0) is 14.3 Å². The SMILES string of the molecule is C=C=CCC1(C(=O)OC)CCCC1=O. The molecule has 0 aliphatic heterocycles. The number of carbonyl (C=O) groups is 2. The van der Waals surface area contributed by atoms with Gasteiger partial charge in [0.25, 0.3) is 0 Å². The zero-order chi connectivity index (χ0) is 10.6. The molecule has 1 aliphatic carbocycles. The Balaban J connectivity index is 2.94. The van der Waals surface area contributed by atoms with Crippen molar-refractivity contribution >= 4 is 11.8 Å². The standard InChI is InChI=1S/C11H14O3/c1-3-4-7-11(10(13)14-2)8-5-6-9(11)12/h4H,1,5-8H2,2H3. The number of Topliss-reactive ketones (excluding diaryl/α,β-unsaturated/α-hetero) is 1. The van der Waals surface area contributed by atoms with Crippen LogP contribution in [-0.4, -0.2) is 18.9 Å². The first-order valence-electron chi connectivity index (χ1n) is 4.63. The third-order valence-electron chi connectivity index (χ3n) is 2.71. The molecule has 1 saturated carbocycles. The van der Waals surface area contributed by atoms with E-state index in [1.54, 1.807) is 6.08 Å². The monoisotopic (exact) mass is 194 g/mol. The quantitative estimate of drug-likeness (QED) is 0.389. The lowest BCUT2D eigenvalue weighted by molar-refractivity contribution is -0.156. The highest BCUT2D eigenvalue weighted by atomic mass is 16.5. The van der Waals surface area contributed by atoms with Gasteiger partial charge in [0.1, 0.15) is 5.41 Å². The first-order valence-corrected chi connectivity index (χ1v) is 4.63. The second-order valence-corrected chi connectivity index (χ2v) is 3.46. The predicted molar refractivity (Wildman–Crippen MR) is 51.6 cm³/mol. The number of rotatable bonds is 3. The molecule has 0 aromatic carbocycles. The molecule has 3 nitrogen and oxygen atoms in total. The zero-order valence-electron chi connectivity index (χ0n) is 8.34. The van der Waals surface area contributed by atoms with Crippen molar-refractivity contribution in [3.05, 3.63) is 18.4 Å². The fourth-order valence-electron chi connectivity index (χ4n) is 1.89. The molecule has 76 valence electrons. The summed E-state index contributed by atoms with van der Waals surface area (Å²) in [6.07, 6.45) is 3.80. The fraction of sp³-hybridized carbons (Fsp3) is 0.545. The summed E-state index contributed by atoms with van der Waals surface area (Å²) in [4.78, 5) is 23.2. The largest absolute Gasteiger partial charge is 0.468 e. The number of hydrogen-bond acceptors (Lipinski definition) is 3. The van der Waals surface area contributed by atoms with Gasteiger partial charge in [-0.05, 0) is 25.3 Å². The second kappa shape index (κ2) is 4.25. The molecule has 1 aliphatic rings. The van der Waals surface area contributed by atoms with Gasteiger partial charge in [0.15, 0.2) is 5.78 Å². The van der Waals surface area contributed by atoms with Gasteiger partial charge in [-0.2, -0.15) is 0 Å². The van der Waals surface area contributed by atoms with Crippen molar-refractivity contribution in [2.45, 2.75) is 25.7 Å². The summed E-state index contributed by atoms with van der Waals surface area (Å²) in [5.41, 5.74) is 1.64. The highest BCUT2D eigenvalue weighted by Gasteiger charge is 2.48. The van der Waals surface area contributed by atoms with Crippen LogP contribution < -0.4 is 0 Å². The molecular weight excluding hydrogens is 180 g/mol. The molecule has 0 saturated heterocycles. The van der Waals surface area contributed by atoms with Gasteiger partial charge in [0.2, 0.25) is 0 Å². The molecule has 1 fully saturated rings. The van der Waals surface area contributed by atoms with E-state index in [0.717, 1.165) is 6.42 Å². The third-order valence-corrected chi connectivity index (χ3v) is 2.71. The van der Waals surface area contributed by atoms with Crippen LogP contribution in [0.2, 0.25) is 0 Å². The normalized spacial score (nSPS) is 25.6. The van der Waals surface area contributed by atoms with E-state index in [0.29, 0.717) is 19.3 Å². The zero-order valence-corrected chi connectivity index (χ0v) is 8.34. The summed E-state index contributed by atoms with van der Waals surface area (Å²) in [5, 5.41) is 0. The minimum Gasteiger partial charge on any atom is -0.468 e. The fourth-order valence-corrected chi connectivity index (χ4v) is 1.89. The Bertz CT molecular complexity index is 300. The van der Waals surface area contributed by atoms with Gasteiger partial charge in [-0.25, -0.2) is 0 Å². The van der Waals surface area contributed by atoms with Crippen molar-refractivity contribution < 1.29 is 14.3 Å². The van der Waals surface area contributed by atoms with Crippen molar-refractivity contribution in [3.63, 3.8) is 0 Å². The lowest BCUT2D eigenvalue weighted by Gasteiger charge is -2.21. The Kier molecular flexibility index (Phi) is 3.26. The molecule has 0 N–H and O–H groups in total. The first kappa shape index (κ1) is 10.7. The molecule has 0 aromatic heterocycles. The Labute approximate surface area is 83.4 Å². The molecule has 3 heteroatoms. The minimum atomic E-state index is -0.945. The predicted octanol–water partition coefficient (Wildman–Crippen LogP) is 1.63. The van der Waals surface area contributed by atoms with E-state index in [-0.39, 0.29) is 5.78 Å². The van der Waals surface area contributed by atoms with Crippen LogP contribution in [0.25, 0.3) is 0 Å². The number of allylic oxidation sites excluding steroid dienone is 1. The first-order chi connectivity index (χ1) is 6.67. The number of esters is 1. The maximum Gasteiger partial charge on any atom is 0.319 e. The van der Waals surface area contributed by atoms with Gasteiger partial charge >= 0.3 is 5.97 Å². The van der Waals surface area contributed by atoms with Crippen LogP contribution in [0.1, 0.15) is 25.7 Å². The molecule has 1 atom stereocenters. The lowest BCUT2D eigenvalue weighted by atomic mass is 9.82. The summed E-state index contributed by atoms with van der Waals surface area (Å²) < 4.78 is 4.68. The summed E-state index contributed by atoms with van der Waals surface area (Å²) >= 11 is 0. The van der Waals surface area contributed by atoms with Crippen LogP contribution in [0.5, 0.6) is 0 Å². The molecule has 0 spiro atoms. The van der Waals surface area contributed by atoms with E-state index in [2.05, 4.69) is 17.0 Å². The number of ether oxygens (including phenoxy) is 1. The molecule has 0 heterocycles. The topological polar surface area (TPSA) is 43.4 Å². The summed E-state index contributed by atoms with van der Waals surface area (Å²) in [6, 6.07) is 0. The molecular formula is C11H14O3. The Morgan fingerprint density at radius 1 is 1.79 bits per heavy atom. The van der Waals surface area contributed by atoms with Crippen LogP contribution >= 0.6 is 0 Å². The van der Waals surface area contributed by atoms with E-state index in [4.69, 9.17) is 0 Å². The van der Waals surface area contributed by atoms with Crippen LogP contribution in [0.4, 0.5) is 0 Å². The van der Waals surface area contributed by atoms with E-state index in [9.17, 15) is 9.59 Å². The van der Waals surface area contributed by atoms with Crippen molar-refractivity contribution in [2.24, 2.45) is 5.41 Å².